The van der Waals surface area contributed by atoms with Crippen LogP contribution in [0.15, 0.2) is 63.1 Å². The quantitative estimate of drug-likeness (QED) is 0.629. The topological polar surface area (TPSA) is 66.9 Å². The molecular weight excluding hydrogens is 376 g/mol. The van der Waals surface area contributed by atoms with Gasteiger partial charge >= 0.3 is 0 Å². The first-order valence-electron chi connectivity index (χ1n) is 9.37. The Morgan fingerprint density at radius 2 is 1.79 bits per heavy atom. The molecule has 2 amide bonds. The van der Waals surface area contributed by atoms with Crippen LogP contribution in [-0.4, -0.2) is 34.7 Å². The zero-order valence-corrected chi connectivity index (χ0v) is 16.3. The van der Waals surface area contributed by atoms with Gasteiger partial charge in [-0.2, -0.15) is 0 Å². The Balaban J connectivity index is 1.47. The molecule has 1 saturated heterocycles. The molecule has 0 aliphatic carbocycles. The average Bonchev–Trinajstić information content (AvgIpc) is 3.50. The number of carbonyl (C=O) groups is 2. The number of likely N-dealkylation sites (tertiary alicyclic amines) is 1. The minimum Gasteiger partial charge on any atom is -0.467 e. The van der Waals surface area contributed by atoms with Crippen molar-refractivity contribution in [3.63, 3.8) is 0 Å². The third kappa shape index (κ3) is 4.20. The summed E-state index contributed by atoms with van der Waals surface area (Å²) in [4.78, 5) is 30.3. The molecule has 0 bridgehead atoms. The van der Waals surface area contributed by atoms with E-state index in [0.717, 1.165) is 29.2 Å². The second-order valence-electron chi connectivity index (χ2n) is 6.92. The lowest BCUT2D eigenvalue weighted by Gasteiger charge is -2.34. The van der Waals surface area contributed by atoms with E-state index in [1.807, 2.05) is 41.8 Å². The van der Waals surface area contributed by atoms with Gasteiger partial charge in [-0.3, -0.25) is 9.59 Å². The van der Waals surface area contributed by atoms with Crippen molar-refractivity contribution in [3.05, 3.63) is 70.7 Å². The molecule has 1 aliphatic heterocycles. The minimum absolute atomic E-state index is 0.0103. The van der Waals surface area contributed by atoms with Gasteiger partial charge in [0, 0.05) is 13.1 Å². The highest BCUT2D eigenvalue weighted by Crippen LogP contribution is 2.24. The van der Waals surface area contributed by atoms with Crippen LogP contribution in [-0.2, 0) is 17.9 Å². The number of amides is 2. The Morgan fingerprint density at radius 3 is 2.36 bits per heavy atom. The number of carbonyl (C=O) groups excluding carboxylic acids is 2. The van der Waals surface area contributed by atoms with Gasteiger partial charge in [0.15, 0.2) is 0 Å². The summed E-state index contributed by atoms with van der Waals surface area (Å²) in [5.41, 5.74) is 0. The van der Waals surface area contributed by atoms with Crippen LogP contribution in [0.3, 0.4) is 0 Å². The summed E-state index contributed by atoms with van der Waals surface area (Å²) in [5.74, 6) is 1.26. The summed E-state index contributed by atoms with van der Waals surface area (Å²) in [7, 11) is 0. The van der Waals surface area contributed by atoms with Crippen molar-refractivity contribution in [3.8, 4) is 0 Å². The number of thiophene rings is 1. The number of hydrogen-bond donors (Lipinski definition) is 0. The molecule has 0 radical (unpaired) electrons. The molecule has 146 valence electrons. The van der Waals surface area contributed by atoms with E-state index < -0.39 is 0 Å². The monoisotopic (exact) mass is 398 g/mol. The summed E-state index contributed by atoms with van der Waals surface area (Å²) >= 11 is 1.43. The Bertz CT molecular complexity index is 851. The van der Waals surface area contributed by atoms with E-state index in [4.69, 9.17) is 8.83 Å². The minimum atomic E-state index is -0.220. The second-order valence-corrected chi connectivity index (χ2v) is 7.87. The van der Waals surface area contributed by atoms with Crippen LogP contribution in [0.1, 0.15) is 34.0 Å². The molecule has 3 aromatic rings. The first-order valence-corrected chi connectivity index (χ1v) is 10.2. The van der Waals surface area contributed by atoms with Gasteiger partial charge in [-0.05, 0) is 48.6 Å². The Kier molecular flexibility index (Phi) is 5.62. The van der Waals surface area contributed by atoms with Crippen molar-refractivity contribution in [2.24, 2.45) is 5.92 Å². The molecule has 0 aromatic carbocycles. The summed E-state index contributed by atoms with van der Waals surface area (Å²) in [6, 6.07) is 11.0. The summed E-state index contributed by atoms with van der Waals surface area (Å²) in [6.07, 6.45) is 4.81. The predicted octanol–water partition coefficient (Wildman–Crippen LogP) is 4.02. The van der Waals surface area contributed by atoms with Crippen molar-refractivity contribution in [1.82, 2.24) is 9.80 Å². The molecule has 7 heteroatoms. The van der Waals surface area contributed by atoms with Gasteiger partial charge in [-0.25, -0.2) is 0 Å². The molecule has 0 spiro atoms. The first-order chi connectivity index (χ1) is 13.7. The lowest BCUT2D eigenvalue weighted by Crippen LogP contribution is -2.46. The number of nitrogens with zero attached hydrogens (tertiary/aromatic N) is 2. The molecule has 4 rings (SSSR count). The maximum Gasteiger partial charge on any atom is 0.263 e. The highest BCUT2D eigenvalue weighted by atomic mass is 32.1. The molecular formula is C21H22N2O4S. The van der Waals surface area contributed by atoms with Crippen LogP contribution in [0.5, 0.6) is 0 Å². The molecule has 3 aromatic heterocycles. The number of hydrogen-bond acceptors (Lipinski definition) is 5. The van der Waals surface area contributed by atoms with E-state index in [9.17, 15) is 9.59 Å². The maximum absolute atomic E-state index is 13.3. The van der Waals surface area contributed by atoms with E-state index in [2.05, 4.69) is 0 Å². The van der Waals surface area contributed by atoms with Gasteiger partial charge < -0.3 is 18.6 Å². The van der Waals surface area contributed by atoms with Crippen LogP contribution in [0.2, 0.25) is 0 Å². The highest BCUT2D eigenvalue weighted by molar-refractivity contribution is 7.12. The van der Waals surface area contributed by atoms with E-state index in [0.29, 0.717) is 26.2 Å². The van der Waals surface area contributed by atoms with E-state index in [1.54, 1.807) is 22.3 Å². The summed E-state index contributed by atoms with van der Waals surface area (Å²) < 4.78 is 10.9. The Labute approximate surface area is 167 Å². The second kappa shape index (κ2) is 8.48. The van der Waals surface area contributed by atoms with Gasteiger partial charge in [0.05, 0.1) is 36.4 Å². The zero-order chi connectivity index (χ0) is 19.3. The molecule has 4 heterocycles. The molecule has 1 fully saturated rings. The molecule has 28 heavy (non-hydrogen) atoms. The van der Waals surface area contributed by atoms with E-state index in [1.165, 1.54) is 11.3 Å². The van der Waals surface area contributed by atoms with Crippen molar-refractivity contribution < 1.29 is 18.4 Å². The molecule has 0 saturated carbocycles. The van der Waals surface area contributed by atoms with Crippen LogP contribution in [0, 0.1) is 5.92 Å². The van der Waals surface area contributed by atoms with Crippen molar-refractivity contribution in [2.45, 2.75) is 25.9 Å². The average molecular weight is 398 g/mol. The normalized spacial score (nSPS) is 16.9. The fourth-order valence-corrected chi connectivity index (χ4v) is 4.26. The van der Waals surface area contributed by atoms with Crippen LogP contribution >= 0.6 is 11.3 Å². The lowest BCUT2D eigenvalue weighted by molar-refractivity contribution is -0.138. The fraction of sp³-hybridized carbons (Fsp3) is 0.333. The van der Waals surface area contributed by atoms with Crippen LogP contribution < -0.4 is 0 Å². The fourth-order valence-electron chi connectivity index (χ4n) is 3.57. The van der Waals surface area contributed by atoms with E-state index in [-0.39, 0.29) is 17.7 Å². The number of furan rings is 2. The lowest BCUT2D eigenvalue weighted by atomic mass is 9.96. The Morgan fingerprint density at radius 1 is 1.07 bits per heavy atom. The smallest absolute Gasteiger partial charge is 0.263 e. The number of rotatable bonds is 6. The summed E-state index contributed by atoms with van der Waals surface area (Å²) in [5, 5.41) is 1.90. The van der Waals surface area contributed by atoms with E-state index >= 15 is 0 Å². The van der Waals surface area contributed by atoms with Gasteiger partial charge in [-0.15, -0.1) is 11.3 Å². The Hall–Kier alpha value is -2.80. The van der Waals surface area contributed by atoms with Gasteiger partial charge in [0.1, 0.15) is 11.5 Å². The zero-order valence-electron chi connectivity index (χ0n) is 15.5. The highest BCUT2D eigenvalue weighted by Gasteiger charge is 2.32. The summed E-state index contributed by atoms with van der Waals surface area (Å²) in [6.45, 7) is 1.89. The third-order valence-electron chi connectivity index (χ3n) is 4.96. The molecule has 1 atom stereocenters. The van der Waals surface area contributed by atoms with Gasteiger partial charge in [-0.1, -0.05) is 6.07 Å². The van der Waals surface area contributed by atoms with Gasteiger partial charge in [0.2, 0.25) is 5.91 Å². The van der Waals surface area contributed by atoms with Crippen LogP contribution in [0.25, 0.3) is 0 Å². The van der Waals surface area contributed by atoms with Crippen molar-refractivity contribution in [2.75, 3.05) is 13.1 Å². The van der Waals surface area contributed by atoms with Gasteiger partial charge in [0.25, 0.3) is 5.91 Å². The van der Waals surface area contributed by atoms with Crippen molar-refractivity contribution >= 4 is 23.2 Å². The standard InChI is InChI=1S/C21H22N2O4S/c24-20(16-5-1-9-22(13-16)21(25)19-8-4-12-28-19)23(14-17-6-2-10-26-17)15-18-7-3-11-27-18/h2-4,6-8,10-12,16H,1,5,9,13-15H2. The molecule has 1 aliphatic rings. The predicted molar refractivity (Wildman–Crippen MR) is 105 cm³/mol. The molecule has 6 nitrogen and oxygen atoms in total. The molecule has 1 unspecified atom stereocenters. The first kappa shape index (κ1) is 18.6. The number of piperidine rings is 1. The molecule has 0 N–H and O–H groups in total. The van der Waals surface area contributed by atoms with Crippen LogP contribution in [0.4, 0.5) is 0 Å². The maximum atomic E-state index is 13.3. The largest absolute Gasteiger partial charge is 0.467 e. The third-order valence-corrected chi connectivity index (χ3v) is 5.81. The SMILES string of the molecule is O=C(c1cccs1)N1CCCC(C(=O)N(Cc2ccco2)Cc2ccco2)C1. The van der Waals surface area contributed by atoms with Crippen molar-refractivity contribution in [1.29, 1.82) is 0 Å².